The molecular formula is C7H6N2O3. The highest BCUT2D eigenvalue weighted by molar-refractivity contribution is 5.50. The molecule has 2 aromatic rings. The molecule has 5 nitrogen and oxygen atoms in total. The van der Waals surface area contributed by atoms with E-state index in [2.05, 4.69) is 9.97 Å². The summed E-state index contributed by atoms with van der Waals surface area (Å²) in [6.45, 7) is 0. The highest BCUT2D eigenvalue weighted by Crippen LogP contribution is 2.26. The van der Waals surface area contributed by atoms with Gasteiger partial charge in [-0.25, -0.2) is 4.98 Å². The standard InChI is InChI=1S/C7H6N2O3/c1-10-6-5(12-4-9-6)7-8-2-3-11-7/h2-4H,1H3. The molecule has 0 aliphatic carbocycles. The van der Waals surface area contributed by atoms with Gasteiger partial charge in [0.25, 0.3) is 17.5 Å². The molecule has 0 aromatic carbocycles. The van der Waals surface area contributed by atoms with Crippen molar-refractivity contribution in [2.45, 2.75) is 0 Å². The number of methoxy groups -OCH3 is 1. The van der Waals surface area contributed by atoms with Crippen molar-refractivity contribution in [2.75, 3.05) is 7.11 Å². The summed E-state index contributed by atoms with van der Waals surface area (Å²) in [6.07, 6.45) is 4.26. The van der Waals surface area contributed by atoms with E-state index >= 15 is 0 Å². The average molecular weight is 166 g/mol. The molecule has 0 radical (unpaired) electrons. The van der Waals surface area contributed by atoms with Crippen molar-refractivity contribution in [1.29, 1.82) is 0 Å². The average Bonchev–Trinajstić information content (AvgIpc) is 2.74. The maximum absolute atomic E-state index is 5.01. The van der Waals surface area contributed by atoms with Crippen LogP contribution in [0.2, 0.25) is 0 Å². The lowest BCUT2D eigenvalue weighted by molar-refractivity contribution is 0.394. The van der Waals surface area contributed by atoms with Gasteiger partial charge in [-0.2, -0.15) is 4.98 Å². The van der Waals surface area contributed by atoms with Gasteiger partial charge in [-0.3, -0.25) is 0 Å². The fraction of sp³-hybridized carbons (Fsp3) is 0.143. The van der Waals surface area contributed by atoms with Crippen molar-refractivity contribution in [2.24, 2.45) is 0 Å². The summed E-state index contributed by atoms with van der Waals surface area (Å²) in [4.78, 5) is 7.69. The van der Waals surface area contributed by atoms with Crippen LogP contribution in [0.5, 0.6) is 5.88 Å². The second-order valence-corrected chi connectivity index (χ2v) is 2.03. The molecule has 0 amide bonds. The van der Waals surface area contributed by atoms with E-state index < -0.39 is 0 Å². The molecule has 12 heavy (non-hydrogen) atoms. The van der Waals surface area contributed by atoms with Crippen molar-refractivity contribution in [1.82, 2.24) is 9.97 Å². The molecule has 0 saturated heterocycles. The van der Waals surface area contributed by atoms with Gasteiger partial charge < -0.3 is 13.6 Å². The molecule has 0 spiro atoms. The van der Waals surface area contributed by atoms with E-state index in [1.54, 1.807) is 0 Å². The van der Waals surface area contributed by atoms with E-state index in [-0.39, 0.29) is 0 Å². The van der Waals surface area contributed by atoms with Crippen LogP contribution in [0.3, 0.4) is 0 Å². The lowest BCUT2D eigenvalue weighted by atomic mass is 10.5. The van der Waals surface area contributed by atoms with E-state index in [0.29, 0.717) is 17.5 Å². The van der Waals surface area contributed by atoms with Gasteiger partial charge in [-0.05, 0) is 0 Å². The van der Waals surface area contributed by atoms with Crippen LogP contribution in [-0.4, -0.2) is 17.1 Å². The zero-order valence-electron chi connectivity index (χ0n) is 6.35. The SMILES string of the molecule is COc1ncoc1-c1ncco1. The van der Waals surface area contributed by atoms with Gasteiger partial charge in [-0.1, -0.05) is 0 Å². The first-order chi connectivity index (χ1) is 5.92. The van der Waals surface area contributed by atoms with Gasteiger partial charge >= 0.3 is 0 Å². The molecule has 62 valence electrons. The second-order valence-electron chi connectivity index (χ2n) is 2.03. The van der Waals surface area contributed by atoms with Crippen LogP contribution in [-0.2, 0) is 0 Å². The summed E-state index contributed by atoms with van der Waals surface area (Å²) in [5.74, 6) is 1.14. The third-order valence-electron chi connectivity index (χ3n) is 1.35. The predicted molar refractivity (Wildman–Crippen MR) is 38.6 cm³/mol. The number of nitrogens with zero attached hydrogens (tertiary/aromatic N) is 2. The largest absolute Gasteiger partial charge is 0.478 e. The molecule has 2 heterocycles. The minimum Gasteiger partial charge on any atom is -0.478 e. The molecule has 0 N–H and O–H groups in total. The smallest absolute Gasteiger partial charge is 0.268 e. The van der Waals surface area contributed by atoms with Crippen LogP contribution >= 0.6 is 0 Å². The molecule has 2 aromatic heterocycles. The molecule has 0 atom stereocenters. The van der Waals surface area contributed by atoms with Crippen LogP contribution in [0.15, 0.2) is 27.7 Å². The molecule has 5 heteroatoms. The molecule has 0 fully saturated rings. The van der Waals surface area contributed by atoms with Crippen LogP contribution in [0.1, 0.15) is 0 Å². The minimum absolute atomic E-state index is 0.365. The van der Waals surface area contributed by atoms with E-state index in [4.69, 9.17) is 13.6 Å². The summed E-state index contributed by atoms with van der Waals surface area (Å²) >= 11 is 0. The first kappa shape index (κ1) is 6.90. The quantitative estimate of drug-likeness (QED) is 0.673. The molecule has 0 aliphatic rings. The van der Waals surface area contributed by atoms with Crippen LogP contribution in [0.25, 0.3) is 11.7 Å². The summed E-state index contributed by atoms with van der Waals surface area (Å²) in [6, 6.07) is 0. The summed E-state index contributed by atoms with van der Waals surface area (Å²) in [5.41, 5.74) is 0. The number of oxazole rings is 2. The van der Waals surface area contributed by atoms with Crippen molar-refractivity contribution in [3.63, 3.8) is 0 Å². The van der Waals surface area contributed by atoms with E-state index in [1.165, 1.54) is 26.0 Å². The molecule has 0 saturated carbocycles. The normalized spacial score (nSPS) is 10.1. The third-order valence-corrected chi connectivity index (χ3v) is 1.35. The van der Waals surface area contributed by atoms with Gasteiger partial charge in [-0.15, -0.1) is 0 Å². The predicted octanol–water partition coefficient (Wildman–Crippen LogP) is 1.34. The zero-order valence-corrected chi connectivity index (χ0v) is 6.35. The lowest BCUT2D eigenvalue weighted by Gasteiger charge is -1.92. The fourth-order valence-corrected chi connectivity index (χ4v) is 0.859. The minimum atomic E-state index is 0.365. The second kappa shape index (κ2) is 2.69. The molecule has 0 bridgehead atoms. The zero-order chi connectivity index (χ0) is 8.39. The fourth-order valence-electron chi connectivity index (χ4n) is 0.859. The Morgan fingerprint density at radius 1 is 1.33 bits per heavy atom. The first-order valence-electron chi connectivity index (χ1n) is 3.29. The Hall–Kier alpha value is -1.78. The van der Waals surface area contributed by atoms with Gasteiger partial charge in [0.1, 0.15) is 6.26 Å². The molecule has 0 unspecified atom stereocenters. The summed E-state index contributed by atoms with van der Waals surface area (Å²) in [7, 11) is 1.50. The lowest BCUT2D eigenvalue weighted by Crippen LogP contribution is -1.84. The Morgan fingerprint density at radius 3 is 2.92 bits per heavy atom. The monoisotopic (exact) mass is 166 g/mol. The molecular weight excluding hydrogens is 160 g/mol. The Bertz CT molecular complexity index is 352. The number of hydrogen-bond acceptors (Lipinski definition) is 5. The van der Waals surface area contributed by atoms with Gasteiger partial charge in [0, 0.05) is 0 Å². The third kappa shape index (κ3) is 0.952. The Balaban J connectivity index is 2.46. The Morgan fingerprint density at radius 2 is 2.25 bits per heavy atom. The topological polar surface area (TPSA) is 61.3 Å². The van der Waals surface area contributed by atoms with E-state index in [0.717, 1.165) is 0 Å². The summed E-state index contributed by atoms with van der Waals surface area (Å²) < 4.78 is 14.9. The van der Waals surface area contributed by atoms with Crippen molar-refractivity contribution >= 4 is 0 Å². The number of hydrogen-bond donors (Lipinski definition) is 0. The molecule has 2 rings (SSSR count). The van der Waals surface area contributed by atoms with Crippen molar-refractivity contribution in [3.05, 3.63) is 18.9 Å². The van der Waals surface area contributed by atoms with E-state index in [9.17, 15) is 0 Å². The summed E-state index contributed by atoms with van der Waals surface area (Å²) in [5, 5.41) is 0. The van der Waals surface area contributed by atoms with Gasteiger partial charge in [0.05, 0.1) is 13.3 Å². The highest BCUT2D eigenvalue weighted by Gasteiger charge is 2.14. The highest BCUT2D eigenvalue weighted by atomic mass is 16.5. The van der Waals surface area contributed by atoms with Crippen molar-refractivity contribution in [3.8, 4) is 17.5 Å². The van der Waals surface area contributed by atoms with Crippen molar-refractivity contribution < 1.29 is 13.6 Å². The Labute approximate surface area is 68.0 Å². The molecule has 0 aliphatic heterocycles. The number of aromatic nitrogens is 2. The maximum Gasteiger partial charge on any atom is 0.268 e. The van der Waals surface area contributed by atoms with Crippen LogP contribution < -0.4 is 4.74 Å². The Kier molecular flexibility index (Phi) is 1.55. The first-order valence-corrected chi connectivity index (χ1v) is 3.29. The number of rotatable bonds is 2. The number of ether oxygens (including phenoxy) is 1. The van der Waals surface area contributed by atoms with E-state index in [1.807, 2.05) is 0 Å². The van der Waals surface area contributed by atoms with Gasteiger partial charge in [0.15, 0.2) is 6.39 Å². The van der Waals surface area contributed by atoms with Crippen LogP contribution in [0, 0.1) is 0 Å². The van der Waals surface area contributed by atoms with Crippen LogP contribution in [0.4, 0.5) is 0 Å². The maximum atomic E-state index is 5.01. The van der Waals surface area contributed by atoms with Gasteiger partial charge in [0.2, 0.25) is 0 Å².